The summed E-state index contributed by atoms with van der Waals surface area (Å²) in [6, 6.07) is 0. The second-order valence-electron chi connectivity index (χ2n) is 1.57. The molecule has 4 nitrogen and oxygen atoms in total. The Morgan fingerprint density at radius 1 is 1.09 bits per heavy atom. The summed E-state index contributed by atoms with van der Waals surface area (Å²) >= 11 is 0. The first-order valence-corrected chi connectivity index (χ1v) is 2.69. The molecule has 1 rings (SSSR count). The van der Waals surface area contributed by atoms with Crippen LogP contribution >= 0.6 is 0 Å². The molecule has 54 valence electrons. The van der Waals surface area contributed by atoms with Crippen molar-refractivity contribution in [1.82, 2.24) is 0 Å². The molecule has 1 saturated heterocycles. The van der Waals surface area contributed by atoms with E-state index in [2.05, 4.69) is 0 Å². The molecule has 0 unspecified atom stereocenters. The van der Waals surface area contributed by atoms with Gasteiger partial charge in [0.2, 0.25) is 0 Å². The normalized spacial score (nSPS) is 13.1. The van der Waals surface area contributed by atoms with Gasteiger partial charge in [-0.05, 0) is 19.0 Å². The van der Waals surface area contributed by atoms with Gasteiger partial charge in [-0.1, -0.05) is 0 Å². The van der Waals surface area contributed by atoms with Gasteiger partial charge in [0.1, 0.15) is 0 Å². The van der Waals surface area contributed by atoms with E-state index in [9.17, 15) is 0 Å². The van der Waals surface area contributed by atoms with Crippen molar-refractivity contribution in [2.75, 3.05) is 13.2 Å². The smallest absolute Gasteiger partial charge is 0.652 e. The fraction of sp³-hybridized carbons (Fsp3) is 0.800. The Morgan fingerprint density at radius 3 is 1.45 bits per heavy atom. The van der Waals surface area contributed by atoms with Gasteiger partial charge in [-0.3, -0.25) is 0 Å². The molecule has 0 radical (unpaired) electrons. The molecule has 0 aliphatic carbocycles. The van der Waals surface area contributed by atoms with Crippen molar-refractivity contribution in [1.29, 1.82) is 0 Å². The Labute approximate surface area is 151 Å². The van der Waals surface area contributed by atoms with E-state index in [1.807, 2.05) is 0 Å². The van der Waals surface area contributed by atoms with Gasteiger partial charge in [0.15, 0.2) is 0 Å². The van der Waals surface area contributed by atoms with Crippen LogP contribution in [0.4, 0.5) is 4.79 Å². The third kappa shape index (κ3) is 24.5. The molecule has 1 heterocycles. The summed E-state index contributed by atoms with van der Waals surface area (Å²) in [7, 11) is 0. The van der Waals surface area contributed by atoms with E-state index in [4.69, 9.17) is 19.7 Å². The van der Waals surface area contributed by atoms with Crippen LogP contribution in [0.25, 0.3) is 0 Å². The summed E-state index contributed by atoms with van der Waals surface area (Å²) in [4.78, 5) is 8.33. The first kappa shape index (κ1) is 19.1. The van der Waals surface area contributed by atoms with Crippen LogP contribution in [-0.4, -0.2) is 19.4 Å². The molecule has 0 aromatic heterocycles. The molecule has 0 aromatic carbocycles. The predicted octanol–water partition coefficient (Wildman–Crippen LogP) is -7.64. The van der Waals surface area contributed by atoms with Gasteiger partial charge < -0.3 is 19.7 Å². The van der Waals surface area contributed by atoms with Crippen molar-refractivity contribution >= 4 is 6.16 Å². The maximum Gasteiger partial charge on any atom is 1.00 e. The molecule has 6 heteroatoms. The number of carboxylic acid groups (broad SMARTS) is 2. The molecule has 0 spiro atoms. The van der Waals surface area contributed by atoms with Crippen LogP contribution in [0.3, 0.4) is 0 Å². The minimum atomic E-state index is -2.33. The van der Waals surface area contributed by atoms with Crippen molar-refractivity contribution in [2.24, 2.45) is 0 Å². The number of carbonyl (C=O) groups excluding carboxylic acids is 1. The van der Waals surface area contributed by atoms with Gasteiger partial charge in [-0.2, -0.15) is 0 Å². The summed E-state index contributed by atoms with van der Waals surface area (Å²) in [5.74, 6) is 0. The maximum absolute atomic E-state index is 8.33. The molecule has 0 amide bonds. The summed E-state index contributed by atoms with van der Waals surface area (Å²) < 4.78 is 4.94. The van der Waals surface area contributed by atoms with Crippen LogP contribution in [0.15, 0.2) is 0 Å². The van der Waals surface area contributed by atoms with E-state index in [-0.39, 0.29) is 103 Å². The van der Waals surface area contributed by atoms with Crippen molar-refractivity contribution < 1.29 is 123 Å². The van der Waals surface area contributed by atoms with Gasteiger partial charge >= 0.3 is 103 Å². The standard InChI is InChI=1S/C4H8O.CH2O3.2K/c1-2-4-5-3-1;2-1(3)4;;/h1-4H2;(H2,2,3,4);;/q;;2*+1/p-2. The Bertz CT molecular complexity index is 72.9. The molecule has 0 bridgehead atoms. The van der Waals surface area contributed by atoms with Crippen molar-refractivity contribution in [2.45, 2.75) is 12.8 Å². The van der Waals surface area contributed by atoms with Crippen LogP contribution in [0.1, 0.15) is 12.8 Å². The monoisotopic (exact) mass is 210 g/mol. The fourth-order valence-corrected chi connectivity index (χ4v) is 0.510. The van der Waals surface area contributed by atoms with Crippen LogP contribution in [0.5, 0.6) is 0 Å². The molecule has 0 N–H and O–H groups in total. The van der Waals surface area contributed by atoms with E-state index >= 15 is 0 Å². The van der Waals surface area contributed by atoms with E-state index in [0.29, 0.717) is 0 Å². The van der Waals surface area contributed by atoms with Gasteiger partial charge in [0.05, 0.1) is 0 Å². The Kier molecular flexibility index (Phi) is 26.1. The number of hydrogen-bond donors (Lipinski definition) is 0. The molecular formula is C5H8K2O4. The molecule has 0 saturated carbocycles. The topological polar surface area (TPSA) is 72.4 Å². The summed E-state index contributed by atoms with van der Waals surface area (Å²) in [5, 5.41) is 16.7. The van der Waals surface area contributed by atoms with E-state index in [1.54, 1.807) is 0 Å². The molecule has 0 atom stereocenters. The average Bonchev–Trinajstić information content (AvgIpc) is 2.11. The largest absolute Gasteiger partial charge is 1.00 e. The minimum Gasteiger partial charge on any atom is -0.652 e. The van der Waals surface area contributed by atoms with E-state index in [1.165, 1.54) is 12.8 Å². The van der Waals surface area contributed by atoms with Crippen LogP contribution in [0.2, 0.25) is 0 Å². The van der Waals surface area contributed by atoms with Crippen LogP contribution in [0, 0.1) is 0 Å². The van der Waals surface area contributed by atoms with Gasteiger partial charge in [-0.15, -0.1) is 0 Å². The second kappa shape index (κ2) is 15.0. The van der Waals surface area contributed by atoms with Crippen molar-refractivity contribution in [3.05, 3.63) is 0 Å². The fourth-order valence-electron chi connectivity index (χ4n) is 0.510. The van der Waals surface area contributed by atoms with Gasteiger partial charge in [-0.25, -0.2) is 0 Å². The summed E-state index contributed by atoms with van der Waals surface area (Å²) in [5.41, 5.74) is 0. The average molecular weight is 210 g/mol. The Hall–Kier alpha value is 2.50. The molecule has 0 aromatic rings. The van der Waals surface area contributed by atoms with Crippen molar-refractivity contribution in [3.8, 4) is 0 Å². The molecule has 1 fully saturated rings. The second-order valence-corrected chi connectivity index (χ2v) is 1.57. The minimum absolute atomic E-state index is 0. The van der Waals surface area contributed by atoms with E-state index < -0.39 is 6.16 Å². The quantitative estimate of drug-likeness (QED) is 0.372. The number of carbonyl (C=O) groups is 1. The zero-order chi connectivity index (χ0) is 7.11. The van der Waals surface area contributed by atoms with Crippen LogP contribution in [-0.2, 0) is 4.74 Å². The number of ether oxygens (including phenoxy) is 1. The van der Waals surface area contributed by atoms with Gasteiger partial charge in [0, 0.05) is 13.2 Å². The molecule has 1 aliphatic rings. The summed E-state index contributed by atoms with van der Waals surface area (Å²) in [6.45, 7) is 2.00. The molecule has 1 aliphatic heterocycles. The Balaban J connectivity index is -0.000000101. The van der Waals surface area contributed by atoms with E-state index in [0.717, 1.165) is 13.2 Å². The zero-order valence-corrected chi connectivity index (χ0v) is 13.2. The number of rotatable bonds is 0. The first-order chi connectivity index (χ1) is 4.23. The van der Waals surface area contributed by atoms with Crippen LogP contribution < -0.4 is 113 Å². The zero-order valence-electron chi connectivity index (χ0n) is 6.96. The number of hydrogen-bond acceptors (Lipinski definition) is 4. The summed E-state index contributed by atoms with van der Waals surface area (Å²) in [6.07, 6.45) is 0.222. The van der Waals surface area contributed by atoms with Gasteiger partial charge in [0.25, 0.3) is 0 Å². The predicted molar refractivity (Wildman–Crippen MR) is 25.4 cm³/mol. The third-order valence-electron chi connectivity index (χ3n) is 0.827. The SMILES string of the molecule is C1CCOC1.O=C([O-])[O-].[K+].[K+]. The maximum atomic E-state index is 8.33. The van der Waals surface area contributed by atoms with Crippen molar-refractivity contribution in [3.63, 3.8) is 0 Å². The first-order valence-electron chi connectivity index (χ1n) is 2.69. The molecule has 11 heavy (non-hydrogen) atoms. The Morgan fingerprint density at radius 2 is 1.36 bits per heavy atom. The third-order valence-corrected chi connectivity index (χ3v) is 0.827. The molecular weight excluding hydrogens is 202 g/mol.